The van der Waals surface area contributed by atoms with Crippen molar-refractivity contribution in [1.29, 1.82) is 0 Å². The van der Waals surface area contributed by atoms with E-state index in [0.29, 0.717) is 29.3 Å². The molecule has 2 aliphatic rings. The van der Waals surface area contributed by atoms with E-state index < -0.39 is 0 Å². The summed E-state index contributed by atoms with van der Waals surface area (Å²) in [5, 5.41) is 3.23. The van der Waals surface area contributed by atoms with Gasteiger partial charge < -0.3 is 10.1 Å². The van der Waals surface area contributed by atoms with Gasteiger partial charge in [-0.2, -0.15) is 0 Å². The van der Waals surface area contributed by atoms with Gasteiger partial charge in [0.15, 0.2) is 0 Å². The highest BCUT2D eigenvalue weighted by Crippen LogP contribution is 2.33. The molecule has 2 unspecified atom stereocenters. The molecule has 0 aliphatic heterocycles. The number of amides is 1. The lowest BCUT2D eigenvalue weighted by Crippen LogP contribution is -2.42. The summed E-state index contributed by atoms with van der Waals surface area (Å²) < 4.78 is 5.53. The molecular weight excluding hydrogens is 306 g/mol. The van der Waals surface area contributed by atoms with Crippen LogP contribution in [0.25, 0.3) is 0 Å². The summed E-state index contributed by atoms with van der Waals surface area (Å²) in [6, 6.07) is 0.331. The maximum absolute atomic E-state index is 12.1. The van der Waals surface area contributed by atoms with Crippen molar-refractivity contribution in [2.75, 3.05) is 6.61 Å². The molecular formula is C15H26BrNO2. The van der Waals surface area contributed by atoms with Crippen LogP contribution in [0.3, 0.4) is 0 Å². The highest BCUT2D eigenvalue weighted by Gasteiger charge is 2.32. The molecule has 0 spiro atoms. The molecule has 19 heavy (non-hydrogen) atoms. The number of carbonyl (C=O) groups excluding carboxylic acids is 1. The van der Waals surface area contributed by atoms with Crippen LogP contribution in [0.4, 0.5) is 0 Å². The molecule has 0 aromatic heterocycles. The van der Waals surface area contributed by atoms with Crippen LogP contribution in [0.15, 0.2) is 0 Å². The highest BCUT2D eigenvalue weighted by molar-refractivity contribution is 9.09. The van der Waals surface area contributed by atoms with Gasteiger partial charge in [-0.25, -0.2) is 0 Å². The predicted molar refractivity (Wildman–Crippen MR) is 80.5 cm³/mol. The molecule has 0 saturated heterocycles. The number of ether oxygens (including phenoxy) is 1. The Labute approximate surface area is 125 Å². The number of nitrogens with one attached hydrogen (secondary N) is 1. The summed E-state index contributed by atoms with van der Waals surface area (Å²) in [6.45, 7) is 2.82. The number of rotatable bonds is 5. The van der Waals surface area contributed by atoms with E-state index in [2.05, 4.69) is 21.2 Å². The van der Waals surface area contributed by atoms with Gasteiger partial charge in [-0.1, -0.05) is 35.2 Å². The average Bonchev–Trinajstić information content (AvgIpc) is 2.52. The van der Waals surface area contributed by atoms with Crippen LogP contribution >= 0.6 is 15.9 Å². The van der Waals surface area contributed by atoms with Crippen molar-refractivity contribution in [3.05, 3.63) is 0 Å². The van der Waals surface area contributed by atoms with Crippen LogP contribution in [0.2, 0.25) is 0 Å². The number of halogens is 1. The zero-order valence-electron chi connectivity index (χ0n) is 11.9. The molecule has 2 atom stereocenters. The number of carbonyl (C=O) groups is 1. The van der Waals surface area contributed by atoms with Crippen molar-refractivity contribution in [3.63, 3.8) is 0 Å². The van der Waals surface area contributed by atoms with Crippen LogP contribution in [-0.4, -0.2) is 29.5 Å². The Morgan fingerprint density at radius 1 is 1.26 bits per heavy atom. The molecule has 2 saturated carbocycles. The second kappa shape index (κ2) is 7.63. The number of hydrogen-bond acceptors (Lipinski definition) is 2. The van der Waals surface area contributed by atoms with E-state index >= 15 is 0 Å². The van der Waals surface area contributed by atoms with Gasteiger partial charge in [-0.15, -0.1) is 0 Å². The Kier molecular flexibility index (Phi) is 6.14. The van der Waals surface area contributed by atoms with E-state index in [-0.39, 0.29) is 5.91 Å². The van der Waals surface area contributed by atoms with Gasteiger partial charge in [0.25, 0.3) is 0 Å². The first-order valence-electron chi connectivity index (χ1n) is 7.74. The maximum Gasteiger partial charge on any atom is 0.220 e. The quantitative estimate of drug-likeness (QED) is 0.619. The lowest BCUT2D eigenvalue weighted by Gasteiger charge is -2.35. The first-order chi connectivity index (χ1) is 9.19. The zero-order valence-corrected chi connectivity index (χ0v) is 13.5. The van der Waals surface area contributed by atoms with Gasteiger partial charge in [0.2, 0.25) is 5.91 Å². The fourth-order valence-corrected chi connectivity index (χ4v) is 3.89. The maximum atomic E-state index is 12.1. The molecule has 0 radical (unpaired) electrons. The number of alkyl halides is 1. The fourth-order valence-electron chi connectivity index (χ4n) is 3.17. The Morgan fingerprint density at radius 3 is 2.74 bits per heavy atom. The van der Waals surface area contributed by atoms with E-state index in [1.165, 1.54) is 25.7 Å². The Balaban J connectivity index is 1.66. The topological polar surface area (TPSA) is 38.3 Å². The molecule has 1 amide bonds. The summed E-state index contributed by atoms with van der Waals surface area (Å²) in [4.78, 5) is 12.5. The monoisotopic (exact) mass is 331 g/mol. The van der Waals surface area contributed by atoms with Crippen molar-refractivity contribution >= 4 is 21.8 Å². The molecule has 0 bridgehead atoms. The van der Waals surface area contributed by atoms with Crippen LogP contribution < -0.4 is 5.32 Å². The third kappa shape index (κ3) is 4.75. The molecule has 1 N–H and O–H groups in total. The standard InChI is InChI=1S/C15H26BrNO2/c1-2-19-12-8-11(9-12)10-15(18)17-14-7-5-3-4-6-13(14)16/h11-14H,2-10H2,1H3,(H,17,18). The van der Waals surface area contributed by atoms with E-state index in [1.807, 2.05) is 6.92 Å². The fraction of sp³-hybridized carbons (Fsp3) is 0.933. The molecule has 2 rings (SSSR count). The van der Waals surface area contributed by atoms with E-state index in [9.17, 15) is 4.79 Å². The minimum Gasteiger partial charge on any atom is -0.378 e. The minimum absolute atomic E-state index is 0.233. The first kappa shape index (κ1) is 15.3. The summed E-state index contributed by atoms with van der Waals surface area (Å²) in [5.41, 5.74) is 0. The zero-order chi connectivity index (χ0) is 13.7. The van der Waals surface area contributed by atoms with E-state index in [0.717, 1.165) is 25.9 Å². The lowest BCUT2D eigenvalue weighted by molar-refractivity contribution is -0.125. The molecule has 4 heteroatoms. The minimum atomic E-state index is 0.233. The Morgan fingerprint density at radius 2 is 2.00 bits per heavy atom. The molecule has 110 valence electrons. The highest BCUT2D eigenvalue weighted by atomic mass is 79.9. The summed E-state index contributed by atoms with van der Waals surface area (Å²) in [7, 11) is 0. The molecule has 3 nitrogen and oxygen atoms in total. The normalized spacial score (nSPS) is 35.3. The van der Waals surface area contributed by atoms with Gasteiger partial charge in [0, 0.05) is 23.9 Å². The van der Waals surface area contributed by atoms with Gasteiger partial charge in [-0.3, -0.25) is 4.79 Å². The Bertz CT molecular complexity index is 292. The average molecular weight is 332 g/mol. The summed E-state index contributed by atoms with van der Waals surface area (Å²) in [5.74, 6) is 0.771. The van der Waals surface area contributed by atoms with E-state index in [4.69, 9.17) is 4.74 Å². The molecule has 0 aromatic carbocycles. The van der Waals surface area contributed by atoms with Crippen molar-refractivity contribution in [2.24, 2.45) is 5.92 Å². The van der Waals surface area contributed by atoms with Crippen molar-refractivity contribution in [2.45, 2.75) is 75.3 Å². The molecule has 2 aliphatic carbocycles. The SMILES string of the molecule is CCOC1CC(CC(=O)NC2CCCCCC2Br)C1. The predicted octanol–water partition coefficient (Wildman–Crippen LogP) is 3.40. The summed E-state index contributed by atoms with van der Waals surface area (Å²) in [6.07, 6.45) is 9.32. The smallest absolute Gasteiger partial charge is 0.220 e. The van der Waals surface area contributed by atoms with E-state index in [1.54, 1.807) is 0 Å². The number of hydrogen-bond donors (Lipinski definition) is 1. The van der Waals surface area contributed by atoms with Crippen LogP contribution in [0.5, 0.6) is 0 Å². The van der Waals surface area contributed by atoms with Gasteiger partial charge in [-0.05, 0) is 38.5 Å². The third-order valence-corrected chi connectivity index (χ3v) is 5.44. The largest absolute Gasteiger partial charge is 0.378 e. The second-order valence-electron chi connectivity index (χ2n) is 5.95. The molecule has 0 aromatic rings. The summed E-state index contributed by atoms with van der Waals surface area (Å²) >= 11 is 3.73. The van der Waals surface area contributed by atoms with Crippen molar-refractivity contribution < 1.29 is 9.53 Å². The van der Waals surface area contributed by atoms with Crippen LogP contribution in [-0.2, 0) is 9.53 Å². The lowest BCUT2D eigenvalue weighted by atomic mass is 9.80. The second-order valence-corrected chi connectivity index (χ2v) is 7.12. The van der Waals surface area contributed by atoms with Gasteiger partial charge in [0.1, 0.15) is 0 Å². The molecule has 0 heterocycles. The first-order valence-corrected chi connectivity index (χ1v) is 8.65. The van der Waals surface area contributed by atoms with Crippen molar-refractivity contribution in [1.82, 2.24) is 5.32 Å². The Hall–Kier alpha value is -0.0900. The third-order valence-electron chi connectivity index (χ3n) is 4.35. The molecule has 2 fully saturated rings. The van der Waals surface area contributed by atoms with Crippen LogP contribution in [0, 0.1) is 5.92 Å². The van der Waals surface area contributed by atoms with Gasteiger partial charge in [0.05, 0.1) is 6.10 Å². The van der Waals surface area contributed by atoms with Gasteiger partial charge >= 0.3 is 0 Å². The van der Waals surface area contributed by atoms with Crippen LogP contribution in [0.1, 0.15) is 58.3 Å². The van der Waals surface area contributed by atoms with Crippen molar-refractivity contribution in [3.8, 4) is 0 Å².